The van der Waals surface area contributed by atoms with Crippen LogP contribution in [0.1, 0.15) is 15.9 Å². The Morgan fingerprint density at radius 1 is 1.21 bits per heavy atom. The van der Waals surface area contributed by atoms with Gasteiger partial charge in [0, 0.05) is 5.69 Å². The van der Waals surface area contributed by atoms with Gasteiger partial charge in [0.05, 0.1) is 25.0 Å². The Hall–Kier alpha value is -2.92. The van der Waals surface area contributed by atoms with Gasteiger partial charge in [-0.2, -0.15) is 0 Å². The third-order valence-corrected chi connectivity index (χ3v) is 6.28. The van der Waals surface area contributed by atoms with Crippen molar-refractivity contribution in [2.24, 2.45) is 0 Å². The third kappa shape index (κ3) is 4.57. The van der Waals surface area contributed by atoms with Gasteiger partial charge >= 0.3 is 5.97 Å². The maximum atomic E-state index is 14.1. The highest BCUT2D eigenvalue weighted by atomic mass is 32.2. The summed E-state index contributed by atoms with van der Waals surface area (Å²) in [6.07, 6.45) is 0. The molecule has 2 amide bonds. The number of methoxy groups -OCH3 is 1. The zero-order chi connectivity index (χ0) is 21.2. The Morgan fingerprint density at radius 3 is 2.48 bits per heavy atom. The minimum absolute atomic E-state index is 0.0769. The van der Waals surface area contributed by atoms with Gasteiger partial charge in [-0.3, -0.25) is 19.2 Å². The molecule has 0 unspecified atom stereocenters. The summed E-state index contributed by atoms with van der Waals surface area (Å²) >= 11 is 0.925. The lowest BCUT2D eigenvalue weighted by molar-refractivity contribution is -0.125. The smallest absolute Gasteiger partial charge is 0.337 e. The largest absolute Gasteiger partial charge is 0.465 e. The molecule has 1 N–H and O–H groups in total. The van der Waals surface area contributed by atoms with E-state index in [4.69, 9.17) is 0 Å². The van der Waals surface area contributed by atoms with Crippen LogP contribution < -0.4 is 4.72 Å². The first-order valence-corrected chi connectivity index (χ1v) is 10.6. The Bertz CT molecular complexity index is 1070. The number of carbonyl (C=O) groups is 3. The fraction of sp³-hybridized carbons (Fsp3) is 0.167. The van der Waals surface area contributed by atoms with Crippen LogP contribution in [0.15, 0.2) is 47.4 Å². The molecule has 0 radical (unpaired) electrons. The van der Waals surface area contributed by atoms with Crippen molar-refractivity contribution in [2.45, 2.75) is 11.4 Å². The lowest BCUT2D eigenvalue weighted by atomic mass is 10.2. The molecule has 1 aliphatic rings. The van der Waals surface area contributed by atoms with Crippen molar-refractivity contribution in [3.8, 4) is 0 Å². The second kappa shape index (κ2) is 8.21. The van der Waals surface area contributed by atoms with E-state index >= 15 is 0 Å². The van der Waals surface area contributed by atoms with Crippen LogP contribution >= 0.6 is 11.8 Å². The van der Waals surface area contributed by atoms with E-state index < -0.39 is 26.7 Å². The number of rotatable bonds is 6. The van der Waals surface area contributed by atoms with E-state index in [9.17, 15) is 27.2 Å². The minimum atomic E-state index is -4.32. The number of benzene rings is 2. The number of imide groups is 1. The van der Waals surface area contributed by atoms with E-state index in [1.165, 1.54) is 12.1 Å². The summed E-state index contributed by atoms with van der Waals surface area (Å²) in [5.74, 6) is -2.00. The molecule has 0 bridgehead atoms. The zero-order valence-electron chi connectivity index (χ0n) is 15.0. The standard InChI is InChI=1S/C18H15FN2O6S2/c1-27-17(23)12-4-7-14(19)15(8-12)29(25,26)20-13-5-2-11(3-6-13)9-21-16(22)10-28-18(21)24/h2-8,20H,9-10H2,1H3. The molecule has 0 spiro atoms. The molecule has 1 heterocycles. The highest BCUT2D eigenvalue weighted by molar-refractivity contribution is 8.14. The third-order valence-electron chi connectivity index (χ3n) is 4.03. The van der Waals surface area contributed by atoms with E-state index in [1.54, 1.807) is 12.1 Å². The van der Waals surface area contributed by atoms with Crippen LogP contribution in [-0.2, 0) is 26.1 Å². The molecular weight excluding hydrogens is 423 g/mol. The number of ether oxygens (including phenoxy) is 1. The molecule has 1 aliphatic heterocycles. The van der Waals surface area contributed by atoms with Crippen molar-refractivity contribution in [1.82, 2.24) is 4.90 Å². The highest BCUT2D eigenvalue weighted by Gasteiger charge is 2.29. The average Bonchev–Trinajstić information content (AvgIpc) is 3.00. The van der Waals surface area contributed by atoms with E-state index in [0.29, 0.717) is 5.56 Å². The van der Waals surface area contributed by atoms with Crippen molar-refractivity contribution < 1.29 is 31.9 Å². The molecule has 2 aromatic rings. The van der Waals surface area contributed by atoms with Crippen molar-refractivity contribution >= 4 is 44.6 Å². The van der Waals surface area contributed by atoms with Crippen LogP contribution in [0, 0.1) is 5.82 Å². The number of halogens is 1. The lowest BCUT2D eigenvalue weighted by Gasteiger charge is -2.14. The maximum Gasteiger partial charge on any atom is 0.337 e. The summed E-state index contributed by atoms with van der Waals surface area (Å²) in [6.45, 7) is 0.0769. The number of carbonyl (C=O) groups excluding carboxylic acids is 3. The van der Waals surface area contributed by atoms with Crippen molar-refractivity contribution in [3.63, 3.8) is 0 Å². The van der Waals surface area contributed by atoms with Crippen LogP contribution in [0.4, 0.5) is 14.9 Å². The van der Waals surface area contributed by atoms with E-state index in [-0.39, 0.29) is 34.7 Å². The second-order valence-corrected chi connectivity index (χ2v) is 8.55. The number of nitrogens with zero attached hydrogens (tertiary/aromatic N) is 1. The summed E-state index contributed by atoms with van der Waals surface area (Å²) in [7, 11) is -3.19. The summed E-state index contributed by atoms with van der Waals surface area (Å²) in [5.41, 5.74) is 0.656. The van der Waals surface area contributed by atoms with E-state index in [1.807, 2.05) is 0 Å². The van der Waals surface area contributed by atoms with Gasteiger partial charge in [-0.15, -0.1) is 0 Å². The zero-order valence-corrected chi connectivity index (χ0v) is 16.7. The first-order chi connectivity index (χ1) is 13.7. The lowest BCUT2D eigenvalue weighted by Crippen LogP contribution is -2.27. The molecule has 152 valence electrons. The number of anilines is 1. The second-order valence-electron chi connectivity index (χ2n) is 5.97. The quantitative estimate of drug-likeness (QED) is 0.691. The Labute approximate surface area is 170 Å². The molecule has 0 aromatic heterocycles. The van der Waals surface area contributed by atoms with Crippen LogP contribution in [0.2, 0.25) is 0 Å². The van der Waals surface area contributed by atoms with Gasteiger partial charge in [-0.1, -0.05) is 23.9 Å². The minimum Gasteiger partial charge on any atom is -0.465 e. The molecule has 8 nitrogen and oxygen atoms in total. The molecule has 0 saturated carbocycles. The highest BCUT2D eigenvalue weighted by Crippen LogP contribution is 2.24. The summed E-state index contributed by atoms with van der Waals surface area (Å²) in [4.78, 5) is 35.3. The Morgan fingerprint density at radius 2 is 1.90 bits per heavy atom. The van der Waals surface area contributed by atoms with E-state index in [2.05, 4.69) is 9.46 Å². The molecule has 11 heteroatoms. The molecule has 1 saturated heterocycles. The maximum absolute atomic E-state index is 14.1. The van der Waals surface area contributed by atoms with Crippen molar-refractivity contribution in [2.75, 3.05) is 17.6 Å². The van der Waals surface area contributed by atoms with Crippen molar-refractivity contribution in [1.29, 1.82) is 0 Å². The molecule has 0 atom stereocenters. The number of hydrogen-bond donors (Lipinski definition) is 1. The van der Waals surface area contributed by atoms with Gasteiger partial charge in [0.15, 0.2) is 0 Å². The van der Waals surface area contributed by atoms with Gasteiger partial charge in [0.2, 0.25) is 5.91 Å². The first-order valence-electron chi connectivity index (χ1n) is 8.18. The van der Waals surface area contributed by atoms with Gasteiger partial charge in [0.1, 0.15) is 10.7 Å². The number of hydrogen-bond acceptors (Lipinski definition) is 7. The van der Waals surface area contributed by atoms with Crippen LogP contribution in [-0.4, -0.2) is 43.3 Å². The monoisotopic (exact) mass is 438 g/mol. The number of thioether (sulfide) groups is 1. The first kappa shape index (κ1) is 20.8. The SMILES string of the molecule is COC(=O)c1ccc(F)c(S(=O)(=O)Nc2ccc(CN3C(=O)CSC3=O)cc2)c1. The summed E-state index contributed by atoms with van der Waals surface area (Å²) in [5, 5.41) is -0.333. The number of nitrogens with one attached hydrogen (secondary N) is 1. The summed E-state index contributed by atoms with van der Waals surface area (Å²) in [6, 6.07) is 8.81. The fourth-order valence-electron chi connectivity index (χ4n) is 2.56. The summed E-state index contributed by atoms with van der Waals surface area (Å²) < 4.78 is 45.9. The number of esters is 1. The number of amides is 2. The van der Waals surface area contributed by atoms with Crippen LogP contribution in [0.5, 0.6) is 0 Å². The van der Waals surface area contributed by atoms with Gasteiger partial charge < -0.3 is 4.74 Å². The van der Waals surface area contributed by atoms with Gasteiger partial charge in [0.25, 0.3) is 15.3 Å². The molecule has 0 aliphatic carbocycles. The van der Waals surface area contributed by atoms with E-state index in [0.717, 1.165) is 42.0 Å². The van der Waals surface area contributed by atoms with Gasteiger partial charge in [-0.05, 0) is 35.9 Å². The fourth-order valence-corrected chi connectivity index (χ4v) is 4.45. The van der Waals surface area contributed by atoms with Gasteiger partial charge in [-0.25, -0.2) is 17.6 Å². The predicted octanol–water partition coefficient (Wildman–Crippen LogP) is 2.61. The predicted molar refractivity (Wildman–Crippen MR) is 103 cm³/mol. The molecular formula is C18H15FN2O6S2. The molecule has 2 aromatic carbocycles. The Balaban J connectivity index is 1.78. The van der Waals surface area contributed by atoms with Crippen LogP contribution in [0.3, 0.4) is 0 Å². The van der Waals surface area contributed by atoms with Crippen LogP contribution in [0.25, 0.3) is 0 Å². The molecule has 1 fully saturated rings. The molecule has 29 heavy (non-hydrogen) atoms. The number of sulfonamides is 1. The normalized spacial score (nSPS) is 14.2. The average molecular weight is 438 g/mol. The van der Waals surface area contributed by atoms with Crippen molar-refractivity contribution in [3.05, 3.63) is 59.4 Å². The molecule has 3 rings (SSSR count). The topological polar surface area (TPSA) is 110 Å². The Kier molecular flexibility index (Phi) is 5.89.